The molecule has 31 heavy (non-hydrogen) atoms. The number of hydrogen-bond donors (Lipinski definition) is 2. The van der Waals surface area contributed by atoms with Crippen molar-refractivity contribution in [3.63, 3.8) is 0 Å². The Morgan fingerprint density at radius 3 is 2.23 bits per heavy atom. The predicted molar refractivity (Wildman–Crippen MR) is 120 cm³/mol. The number of sulfonamides is 1. The predicted octanol–water partition coefficient (Wildman–Crippen LogP) is 3.17. The van der Waals surface area contributed by atoms with E-state index in [0.717, 1.165) is 24.0 Å². The summed E-state index contributed by atoms with van der Waals surface area (Å²) in [5.74, 6) is -0.403. The molecule has 2 aliphatic rings. The van der Waals surface area contributed by atoms with Gasteiger partial charge in [-0.05, 0) is 61.8 Å². The smallest absolute Gasteiger partial charge is 0.243 e. The number of benzene rings is 2. The second-order valence-electron chi connectivity index (χ2n) is 8.61. The Morgan fingerprint density at radius 1 is 0.903 bits per heavy atom. The fourth-order valence-electron chi connectivity index (χ4n) is 4.51. The van der Waals surface area contributed by atoms with E-state index in [1.54, 1.807) is 12.1 Å². The quantitative estimate of drug-likeness (QED) is 0.745. The summed E-state index contributed by atoms with van der Waals surface area (Å²) >= 11 is 0. The molecule has 1 aliphatic heterocycles. The van der Waals surface area contributed by atoms with Crippen LogP contribution in [0.4, 0.5) is 0 Å². The Hall–Kier alpha value is -2.22. The lowest BCUT2D eigenvalue weighted by Crippen LogP contribution is -2.48. The molecular weight excluding hydrogens is 412 g/mol. The van der Waals surface area contributed by atoms with Crippen LogP contribution >= 0.6 is 0 Å². The first kappa shape index (κ1) is 22.0. The van der Waals surface area contributed by atoms with Crippen molar-refractivity contribution < 1.29 is 18.3 Å². The number of piperidine rings is 1. The average molecular weight is 443 g/mol. The van der Waals surface area contributed by atoms with Gasteiger partial charge in [0.2, 0.25) is 15.9 Å². The molecule has 1 heterocycles. The number of nitrogens with zero attached hydrogens (tertiary/aromatic N) is 1. The molecule has 1 saturated heterocycles. The van der Waals surface area contributed by atoms with Gasteiger partial charge in [0.15, 0.2) is 0 Å². The summed E-state index contributed by atoms with van der Waals surface area (Å²) < 4.78 is 27.8. The second-order valence-corrected chi connectivity index (χ2v) is 10.5. The fraction of sp³-hybridized carbons (Fsp3) is 0.458. The molecule has 2 fully saturated rings. The molecule has 1 saturated carbocycles. The van der Waals surface area contributed by atoms with Crippen molar-refractivity contribution >= 4 is 15.9 Å². The highest BCUT2D eigenvalue weighted by molar-refractivity contribution is 7.89. The van der Waals surface area contributed by atoms with Gasteiger partial charge in [-0.25, -0.2) is 8.42 Å². The molecule has 0 unspecified atom stereocenters. The van der Waals surface area contributed by atoms with Gasteiger partial charge in [0.05, 0.1) is 16.9 Å². The summed E-state index contributed by atoms with van der Waals surface area (Å²) in [6, 6.07) is 16.9. The standard InChI is InChI=1S/C24H30N2O4S/c27-22-12-10-21(11-13-22)25-24(28)20-7-4-16-26(17-20)31(29,30)23-14-8-19(9-15-23)18-5-2-1-3-6-18/h1-3,5-6,8-9,14-15,20-22,27H,4,7,10-13,16-17H2,(H,25,28)/t20-,21-,22-/m0/s1. The molecule has 2 aromatic carbocycles. The van der Waals surface area contributed by atoms with E-state index in [1.807, 2.05) is 42.5 Å². The van der Waals surface area contributed by atoms with Crippen LogP contribution in [0.2, 0.25) is 0 Å². The number of aliphatic hydroxyl groups excluding tert-OH is 1. The summed E-state index contributed by atoms with van der Waals surface area (Å²) in [5.41, 5.74) is 2.00. The number of amides is 1. The SMILES string of the molecule is O=C(N[C@H]1CC[C@H](O)CC1)[C@H]1CCCN(S(=O)(=O)c2ccc(-c3ccccc3)cc2)C1. The van der Waals surface area contributed by atoms with Crippen molar-refractivity contribution in [2.45, 2.75) is 55.6 Å². The van der Waals surface area contributed by atoms with Crippen molar-refractivity contribution in [1.29, 1.82) is 0 Å². The lowest BCUT2D eigenvalue weighted by Gasteiger charge is -2.33. The van der Waals surface area contributed by atoms with Crippen molar-refractivity contribution in [3.8, 4) is 11.1 Å². The molecule has 1 aliphatic carbocycles. The minimum atomic E-state index is -3.65. The van der Waals surface area contributed by atoms with Gasteiger partial charge < -0.3 is 10.4 Å². The molecule has 2 aromatic rings. The van der Waals surface area contributed by atoms with Gasteiger partial charge in [-0.3, -0.25) is 4.79 Å². The van der Waals surface area contributed by atoms with Crippen molar-refractivity contribution in [1.82, 2.24) is 9.62 Å². The summed E-state index contributed by atoms with van der Waals surface area (Å²) in [7, 11) is -3.65. The zero-order valence-electron chi connectivity index (χ0n) is 17.6. The largest absolute Gasteiger partial charge is 0.393 e. The third-order valence-corrected chi connectivity index (χ3v) is 8.28. The van der Waals surface area contributed by atoms with E-state index in [1.165, 1.54) is 4.31 Å². The topological polar surface area (TPSA) is 86.7 Å². The highest BCUT2D eigenvalue weighted by atomic mass is 32.2. The third-order valence-electron chi connectivity index (χ3n) is 6.40. The molecule has 0 bridgehead atoms. The normalized spacial score (nSPS) is 25.1. The number of carbonyl (C=O) groups excluding carboxylic acids is 1. The van der Waals surface area contributed by atoms with Crippen LogP contribution in [0.5, 0.6) is 0 Å². The van der Waals surface area contributed by atoms with Gasteiger partial charge in [-0.1, -0.05) is 42.5 Å². The first-order valence-electron chi connectivity index (χ1n) is 11.1. The van der Waals surface area contributed by atoms with Gasteiger partial charge in [0.1, 0.15) is 0 Å². The van der Waals surface area contributed by atoms with E-state index < -0.39 is 10.0 Å². The summed E-state index contributed by atoms with van der Waals surface area (Å²) in [5, 5.41) is 12.7. The molecule has 0 radical (unpaired) electrons. The van der Waals surface area contributed by atoms with E-state index in [4.69, 9.17) is 0 Å². The molecule has 6 nitrogen and oxygen atoms in total. The third kappa shape index (κ3) is 5.17. The van der Waals surface area contributed by atoms with Crippen LogP contribution < -0.4 is 5.32 Å². The molecule has 0 spiro atoms. The van der Waals surface area contributed by atoms with Crippen LogP contribution in [-0.4, -0.2) is 49.0 Å². The first-order valence-corrected chi connectivity index (χ1v) is 12.5. The van der Waals surface area contributed by atoms with Crippen molar-refractivity contribution in [3.05, 3.63) is 54.6 Å². The summed E-state index contributed by atoms with van der Waals surface area (Å²) in [4.78, 5) is 13.0. The number of carbonyl (C=O) groups is 1. The van der Waals surface area contributed by atoms with Gasteiger partial charge in [0.25, 0.3) is 0 Å². The highest BCUT2D eigenvalue weighted by Gasteiger charge is 2.34. The summed E-state index contributed by atoms with van der Waals surface area (Å²) in [6.45, 7) is 0.645. The number of nitrogens with one attached hydrogen (secondary N) is 1. The lowest BCUT2D eigenvalue weighted by molar-refractivity contribution is -0.127. The van der Waals surface area contributed by atoms with Crippen LogP contribution in [0, 0.1) is 5.92 Å². The Kier molecular flexibility index (Phi) is 6.74. The lowest BCUT2D eigenvalue weighted by atomic mass is 9.92. The van der Waals surface area contributed by atoms with Crippen LogP contribution in [0.1, 0.15) is 38.5 Å². The number of hydrogen-bond acceptors (Lipinski definition) is 4. The molecule has 1 amide bonds. The maximum Gasteiger partial charge on any atom is 0.243 e. The summed E-state index contributed by atoms with van der Waals surface area (Å²) in [6.07, 6.45) is 4.05. The van der Waals surface area contributed by atoms with Crippen molar-refractivity contribution in [2.75, 3.05) is 13.1 Å². The van der Waals surface area contributed by atoms with Gasteiger partial charge >= 0.3 is 0 Å². The Balaban J connectivity index is 1.41. The number of rotatable bonds is 5. The van der Waals surface area contributed by atoms with Crippen LogP contribution in [0.3, 0.4) is 0 Å². The van der Waals surface area contributed by atoms with Crippen molar-refractivity contribution in [2.24, 2.45) is 5.92 Å². The Morgan fingerprint density at radius 2 is 1.55 bits per heavy atom. The molecule has 0 aromatic heterocycles. The Bertz CT molecular complexity index is 984. The average Bonchev–Trinajstić information content (AvgIpc) is 2.81. The first-order chi connectivity index (χ1) is 14.9. The Labute approximate surface area is 184 Å². The van der Waals surface area contributed by atoms with Gasteiger partial charge in [0, 0.05) is 19.1 Å². The maximum atomic E-state index is 13.2. The van der Waals surface area contributed by atoms with Gasteiger partial charge in [-0.15, -0.1) is 0 Å². The molecule has 2 N–H and O–H groups in total. The van der Waals surface area contributed by atoms with Crippen LogP contribution in [0.25, 0.3) is 11.1 Å². The molecule has 7 heteroatoms. The monoisotopic (exact) mass is 442 g/mol. The highest BCUT2D eigenvalue weighted by Crippen LogP contribution is 2.27. The van der Waals surface area contributed by atoms with E-state index in [-0.39, 0.29) is 35.4 Å². The zero-order chi connectivity index (χ0) is 21.8. The van der Waals surface area contributed by atoms with E-state index >= 15 is 0 Å². The zero-order valence-corrected chi connectivity index (χ0v) is 18.4. The van der Waals surface area contributed by atoms with E-state index in [0.29, 0.717) is 32.2 Å². The minimum Gasteiger partial charge on any atom is -0.393 e. The number of aliphatic hydroxyl groups is 1. The van der Waals surface area contributed by atoms with Crippen LogP contribution in [0.15, 0.2) is 59.5 Å². The fourth-order valence-corrected chi connectivity index (χ4v) is 6.04. The molecule has 4 rings (SSSR count). The van der Waals surface area contributed by atoms with Gasteiger partial charge in [-0.2, -0.15) is 4.31 Å². The molecule has 166 valence electrons. The minimum absolute atomic E-state index is 0.0688. The molecule has 1 atom stereocenters. The second kappa shape index (κ2) is 9.51. The maximum absolute atomic E-state index is 13.2. The molecular formula is C24H30N2O4S. The van der Waals surface area contributed by atoms with E-state index in [2.05, 4.69) is 5.32 Å². The van der Waals surface area contributed by atoms with E-state index in [9.17, 15) is 18.3 Å². The van der Waals surface area contributed by atoms with Crippen LogP contribution in [-0.2, 0) is 14.8 Å².